The van der Waals surface area contributed by atoms with Crippen LogP contribution in [0.1, 0.15) is 26.7 Å². The maximum absolute atomic E-state index is 10.3. The lowest BCUT2D eigenvalue weighted by molar-refractivity contribution is 0.0457. The minimum atomic E-state index is -0.725. The number of benzene rings is 1. The minimum absolute atomic E-state index is 0.443. The van der Waals surface area contributed by atoms with E-state index in [4.69, 9.17) is 21.1 Å². The first-order valence-electron chi connectivity index (χ1n) is 6.37. The zero-order valence-corrected chi connectivity index (χ0v) is 12.7. The molecule has 0 aliphatic heterocycles. The standard InChI is InChI=1S/C14H22ClNO3/c1-5-14(17,6-2)9-16-11-7-10(15)12(18-3)8-13(11)19-4/h7-8,16-17H,5-6,9H2,1-4H3. The van der Waals surface area contributed by atoms with Gasteiger partial charge in [0.05, 0.1) is 30.5 Å². The van der Waals surface area contributed by atoms with E-state index in [2.05, 4.69) is 5.32 Å². The van der Waals surface area contributed by atoms with Crippen molar-refractivity contribution in [1.82, 2.24) is 0 Å². The van der Waals surface area contributed by atoms with E-state index in [-0.39, 0.29) is 0 Å². The Bertz CT molecular complexity index is 419. The molecule has 0 unspecified atom stereocenters. The van der Waals surface area contributed by atoms with E-state index in [0.29, 0.717) is 35.9 Å². The number of anilines is 1. The summed E-state index contributed by atoms with van der Waals surface area (Å²) in [6.45, 7) is 4.37. The first-order valence-corrected chi connectivity index (χ1v) is 6.75. The summed E-state index contributed by atoms with van der Waals surface area (Å²) in [6.07, 6.45) is 1.37. The molecule has 1 aromatic rings. The molecule has 0 atom stereocenters. The van der Waals surface area contributed by atoms with Gasteiger partial charge in [0, 0.05) is 12.6 Å². The molecule has 1 rings (SSSR count). The Hall–Kier alpha value is -1.13. The molecule has 5 heteroatoms. The van der Waals surface area contributed by atoms with Crippen molar-refractivity contribution in [2.75, 3.05) is 26.1 Å². The van der Waals surface area contributed by atoms with Crippen LogP contribution in [0.15, 0.2) is 12.1 Å². The fourth-order valence-electron chi connectivity index (χ4n) is 1.76. The van der Waals surface area contributed by atoms with E-state index < -0.39 is 5.60 Å². The zero-order valence-electron chi connectivity index (χ0n) is 11.9. The second kappa shape index (κ2) is 6.87. The fourth-order valence-corrected chi connectivity index (χ4v) is 2.00. The second-order valence-corrected chi connectivity index (χ2v) is 4.88. The highest BCUT2D eigenvalue weighted by molar-refractivity contribution is 6.32. The number of rotatable bonds is 7. The van der Waals surface area contributed by atoms with Crippen molar-refractivity contribution in [1.29, 1.82) is 0 Å². The molecule has 0 saturated carbocycles. The van der Waals surface area contributed by atoms with Crippen molar-refractivity contribution < 1.29 is 14.6 Å². The summed E-state index contributed by atoms with van der Waals surface area (Å²) in [7, 11) is 3.14. The Balaban J connectivity index is 2.92. The number of ether oxygens (including phenoxy) is 2. The highest BCUT2D eigenvalue weighted by Crippen LogP contribution is 2.36. The predicted molar refractivity (Wildman–Crippen MR) is 78.6 cm³/mol. The van der Waals surface area contributed by atoms with Crippen molar-refractivity contribution in [3.8, 4) is 11.5 Å². The molecular weight excluding hydrogens is 266 g/mol. The molecule has 0 aromatic heterocycles. The molecule has 2 N–H and O–H groups in total. The smallest absolute Gasteiger partial charge is 0.145 e. The van der Waals surface area contributed by atoms with Gasteiger partial charge in [0.25, 0.3) is 0 Å². The molecule has 108 valence electrons. The molecule has 0 bridgehead atoms. The van der Waals surface area contributed by atoms with Gasteiger partial charge in [0.1, 0.15) is 11.5 Å². The molecule has 19 heavy (non-hydrogen) atoms. The maximum atomic E-state index is 10.3. The Morgan fingerprint density at radius 1 is 1.16 bits per heavy atom. The fraction of sp³-hybridized carbons (Fsp3) is 0.571. The van der Waals surface area contributed by atoms with Crippen LogP contribution >= 0.6 is 11.6 Å². The molecule has 0 aliphatic rings. The maximum Gasteiger partial charge on any atom is 0.145 e. The summed E-state index contributed by atoms with van der Waals surface area (Å²) < 4.78 is 10.4. The third-order valence-corrected chi connectivity index (χ3v) is 3.69. The normalized spacial score (nSPS) is 11.3. The Labute approximate surface area is 119 Å². The summed E-state index contributed by atoms with van der Waals surface area (Å²) in [4.78, 5) is 0. The first-order chi connectivity index (χ1) is 8.99. The number of halogens is 1. The van der Waals surface area contributed by atoms with Crippen LogP contribution < -0.4 is 14.8 Å². The van der Waals surface area contributed by atoms with Gasteiger partial charge in [-0.2, -0.15) is 0 Å². The van der Waals surface area contributed by atoms with Crippen LogP contribution in [0.4, 0.5) is 5.69 Å². The molecule has 0 spiro atoms. The van der Waals surface area contributed by atoms with Gasteiger partial charge in [-0.25, -0.2) is 0 Å². The second-order valence-electron chi connectivity index (χ2n) is 4.47. The molecule has 1 aromatic carbocycles. The van der Waals surface area contributed by atoms with E-state index in [0.717, 1.165) is 5.69 Å². The topological polar surface area (TPSA) is 50.7 Å². The summed E-state index contributed by atoms with van der Waals surface area (Å²) in [5, 5.41) is 13.9. The van der Waals surface area contributed by atoms with Crippen molar-refractivity contribution in [3.05, 3.63) is 17.2 Å². The van der Waals surface area contributed by atoms with Gasteiger partial charge in [-0.3, -0.25) is 0 Å². The van der Waals surface area contributed by atoms with Crippen molar-refractivity contribution >= 4 is 17.3 Å². The van der Waals surface area contributed by atoms with E-state index in [9.17, 15) is 5.11 Å². The van der Waals surface area contributed by atoms with Crippen LogP contribution in [0, 0.1) is 0 Å². The van der Waals surface area contributed by atoms with Crippen LogP contribution in [0.2, 0.25) is 5.02 Å². The first kappa shape index (κ1) is 15.9. The SMILES string of the molecule is CCC(O)(CC)CNc1cc(Cl)c(OC)cc1OC. The summed E-state index contributed by atoms with van der Waals surface area (Å²) in [5.74, 6) is 1.20. The van der Waals surface area contributed by atoms with Gasteiger partial charge in [0.2, 0.25) is 0 Å². The van der Waals surface area contributed by atoms with E-state index in [1.54, 1.807) is 26.4 Å². The highest BCUT2D eigenvalue weighted by atomic mass is 35.5. The van der Waals surface area contributed by atoms with Gasteiger partial charge in [-0.15, -0.1) is 0 Å². The van der Waals surface area contributed by atoms with Gasteiger partial charge < -0.3 is 19.9 Å². The molecule has 0 fully saturated rings. The largest absolute Gasteiger partial charge is 0.495 e. The zero-order chi connectivity index (χ0) is 14.5. The van der Waals surface area contributed by atoms with E-state index >= 15 is 0 Å². The lowest BCUT2D eigenvalue weighted by Gasteiger charge is -2.26. The summed E-state index contributed by atoms with van der Waals surface area (Å²) in [6, 6.07) is 3.46. The number of hydrogen-bond acceptors (Lipinski definition) is 4. The predicted octanol–water partition coefficient (Wildman–Crippen LogP) is 3.32. The Morgan fingerprint density at radius 3 is 2.21 bits per heavy atom. The number of methoxy groups -OCH3 is 2. The van der Waals surface area contributed by atoms with Crippen molar-refractivity contribution in [3.63, 3.8) is 0 Å². The number of nitrogens with one attached hydrogen (secondary N) is 1. The number of aliphatic hydroxyl groups is 1. The average molecular weight is 288 g/mol. The lowest BCUT2D eigenvalue weighted by atomic mass is 9.97. The van der Waals surface area contributed by atoms with Crippen LogP contribution in [-0.4, -0.2) is 31.5 Å². The van der Waals surface area contributed by atoms with Crippen molar-refractivity contribution in [2.24, 2.45) is 0 Å². The van der Waals surface area contributed by atoms with Gasteiger partial charge >= 0.3 is 0 Å². The Kier molecular flexibility index (Phi) is 5.76. The monoisotopic (exact) mass is 287 g/mol. The van der Waals surface area contributed by atoms with E-state index in [1.165, 1.54) is 0 Å². The molecule has 0 heterocycles. The molecule has 0 saturated heterocycles. The van der Waals surface area contributed by atoms with Crippen molar-refractivity contribution in [2.45, 2.75) is 32.3 Å². The molecule has 0 aliphatic carbocycles. The number of hydrogen-bond donors (Lipinski definition) is 2. The molecular formula is C14H22ClNO3. The van der Waals surface area contributed by atoms with E-state index in [1.807, 2.05) is 13.8 Å². The molecule has 0 amide bonds. The van der Waals surface area contributed by atoms with Crippen LogP contribution in [0.5, 0.6) is 11.5 Å². The third kappa shape index (κ3) is 3.91. The quantitative estimate of drug-likeness (QED) is 0.808. The molecule has 0 radical (unpaired) electrons. The highest BCUT2D eigenvalue weighted by Gasteiger charge is 2.22. The lowest BCUT2D eigenvalue weighted by Crippen LogP contribution is -2.35. The van der Waals surface area contributed by atoms with Gasteiger partial charge in [-0.1, -0.05) is 25.4 Å². The molecule has 4 nitrogen and oxygen atoms in total. The summed E-state index contributed by atoms with van der Waals surface area (Å²) >= 11 is 6.09. The van der Waals surface area contributed by atoms with Crippen LogP contribution in [-0.2, 0) is 0 Å². The van der Waals surface area contributed by atoms with Gasteiger partial charge in [-0.05, 0) is 18.9 Å². The Morgan fingerprint density at radius 2 is 1.74 bits per heavy atom. The third-order valence-electron chi connectivity index (χ3n) is 3.40. The minimum Gasteiger partial charge on any atom is -0.495 e. The van der Waals surface area contributed by atoms with Gasteiger partial charge in [0.15, 0.2) is 0 Å². The van der Waals surface area contributed by atoms with Crippen LogP contribution in [0.3, 0.4) is 0 Å². The average Bonchev–Trinajstić information content (AvgIpc) is 2.44. The summed E-state index contributed by atoms with van der Waals surface area (Å²) in [5.41, 5.74) is 0.0193. The van der Waals surface area contributed by atoms with Crippen LogP contribution in [0.25, 0.3) is 0 Å².